The Morgan fingerprint density at radius 1 is 1.14 bits per heavy atom. The summed E-state index contributed by atoms with van der Waals surface area (Å²) in [6, 6.07) is 10.6. The van der Waals surface area contributed by atoms with Crippen molar-refractivity contribution in [1.82, 2.24) is 0 Å². The molecule has 0 radical (unpaired) electrons. The van der Waals surface area contributed by atoms with Crippen molar-refractivity contribution in [2.24, 2.45) is 5.92 Å². The molecule has 2 aliphatic rings. The highest BCUT2D eigenvalue weighted by molar-refractivity contribution is 7.95. The summed E-state index contributed by atoms with van der Waals surface area (Å²) in [5.41, 5.74) is 2.84. The molecule has 1 saturated carbocycles. The average Bonchev–Trinajstić information content (AvgIpc) is 3.38. The molecule has 0 bridgehead atoms. The third kappa shape index (κ3) is 2.77. The van der Waals surface area contributed by atoms with Gasteiger partial charge >= 0.3 is 0 Å². The summed E-state index contributed by atoms with van der Waals surface area (Å²) in [7, 11) is -0.828. The smallest absolute Gasteiger partial charge is 0.250 e. The number of carbonyl (C=O) groups is 1. The number of hydrogen-bond donors (Lipinski definition) is 1. The predicted octanol–water partition coefficient (Wildman–Crippen LogP) is 2.87. The normalized spacial score (nSPS) is 24.0. The van der Waals surface area contributed by atoms with Crippen LogP contribution in [-0.4, -0.2) is 39.8 Å². The maximum absolute atomic E-state index is 13.5. The zero-order chi connectivity index (χ0) is 21.0. The average molecular weight is 416 g/mol. The molecule has 1 aliphatic heterocycles. The van der Waals surface area contributed by atoms with Crippen LogP contribution < -0.4 is 19.1 Å². The van der Waals surface area contributed by atoms with Gasteiger partial charge in [0.05, 0.1) is 25.6 Å². The van der Waals surface area contributed by atoms with Crippen LogP contribution in [0.4, 0.5) is 11.4 Å². The van der Waals surface area contributed by atoms with E-state index in [1.165, 1.54) is 18.5 Å². The highest BCUT2D eigenvalue weighted by Gasteiger charge is 2.76. The van der Waals surface area contributed by atoms with E-state index in [1.54, 1.807) is 18.2 Å². The Hall–Kier alpha value is -2.74. The van der Waals surface area contributed by atoms with Gasteiger partial charge in [0.15, 0.2) is 4.75 Å². The number of para-hydroxylation sites is 1. The summed E-state index contributed by atoms with van der Waals surface area (Å²) < 4.78 is 37.4. The van der Waals surface area contributed by atoms with Crippen molar-refractivity contribution in [3.05, 3.63) is 47.5 Å². The second kappa shape index (κ2) is 6.66. The maximum Gasteiger partial charge on any atom is 0.250 e. The van der Waals surface area contributed by atoms with E-state index in [1.807, 2.05) is 32.0 Å². The van der Waals surface area contributed by atoms with Gasteiger partial charge in [-0.25, -0.2) is 8.42 Å². The first-order valence-corrected chi connectivity index (χ1v) is 10.8. The van der Waals surface area contributed by atoms with E-state index in [9.17, 15) is 13.2 Å². The third-order valence-electron chi connectivity index (χ3n) is 5.92. The topological polar surface area (TPSA) is 84.9 Å². The summed E-state index contributed by atoms with van der Waals surface area (Å²) in [4.78, 5) is 13.2. The number of methoxy groups -OCH3 is 2. The number of hydrogen-bond acceptors (Lipinski definition) is 5. The van der Waals surface area contributed by atoms with E-state index in [2.05, 4.69) is 5.32 Å². The molecule has 1 saturated heterocycles. The summed E-state index contributed by atoms with van der Waals surface area (Å²) >= 11 is 0. The van der Waals surface area contributed by atoms with Crippen LogP contribution in [0.25, 0.3) is 0 Å². The van der Waals surface area contributed by atoms with Gasteiger partial charge in [0.25, 0.3) is 0 Å². The molecule has 2 atom stereocenters. The minimum atomic E-state index is -3.85. The monoisotopic (exact) mass is 416 g/mol. The lowest BCUT2D eigenvalue weighted by atomic mass is 10.1. The van der Waals surface area contributed by atoms with Crippen LogP contribution in [0.5, 0.6) is 11.5 Å². The zero-order valence-electron chi connectivity index (χ0n) is 16.9. The molecule has 0 aromatic heterocycles. The number of aryl methyl sites for hydroxylation is 2. The molecule has 8 heteroatoms. The molecule has 1 amide bonds. The van der Waals surface area contributed by atoms with Crippen LogP contribution in [0.3, 0.4) is 0 Å². The molecule has 2 aromatic rings. The van der Waals surface area contributed by atoms with Gasteiger partial charge in [-0.2, -0.15) is 0 Å². The zero-order valence-corrected chi connectivity index (χ0v) is 17.7. The van der Waals surface area contributed by atoms with Gasteiger partial charge in [0.2, 0.25) is 15.9 Å². The van der Waals surface area contributed by atoms with Crippen LogP contribution in [0.2, 0.25) is 0 Å². The number of ether oxygens (including phenoxy) is 2. The number of amides is 1. The lowest BCUT2D eigenvalue weighted by Crippen LogP contribution is -2.42. The van der Waals surface area contributed by atoms with Crippen LogP contribution in [0.1, 0.15) is 17.5 Å². The molecule has 0 unspecified atom stereocenters. The van der Waals surface area contributed by atoms with Crippen molar-refractivity contribution < 1.29 is 22.7 Å². The fraction of sp³-hybridized carbons (Fsp3) is 0.381. The third-order valence-corrected chi connectivity index (χ3v) is 8.43. The van der Waals surface area contributed by atoms with E-state index in [-0.39, 0.29) is 5.92 Å². The summed E-state index contributed by atoms with van der Waals surface area (Å²) in [6.45, 7) is 4.09. The minimum absolute atomic E-state index is 0.226. The Kier molecular flexibility index (Phi) is 4.49. The first-order chi connectivity index (χ1) is 13.8. The Morgan fingerprint density at radius 2 is 1.83 bits per heavy atom. The summed E-state index contributed by atoms with van der Waals surface area (Å²) in [5, 5.41) is 2.77. The summed E-state index contributed by atoms with van der Waals surface area (Å²) in [5.74, 6) is 0.251. The fourth-order valence-electron chi connectivity index (χ4n) is 4.27. The fourth-order valence-corrected chi connectivity index (χ4v) is 6.76. The Balaban J connectivity index is 1.66. The molecular formula is C21H24N2O5S. The standard InChI is InChI=1S/C21H24N2O5S/c1-13-6-5-7-14(2)19(13)23-12-15-11-21(15,29(23,25)26)20(24)22-17-9-8-16(27-3)10-18(17)28-4/h5-10,15H,11-12H2,1-4H3,(H,22,24)/t15-,21-/m0/s1. The van der Waals surface area contributed by atoms with Crippen molar-refractivity contribution in [1.29, 1.82) is 0 Å². The Morgan fingerprint density at radius 3 is 2.45 bits per heavy atom. The van der Waals surface area contributed by atoms with E-state index >= 15 is 0 Å². The number of benzene rings is 2. The van der Waals surface area contributed by atoms with E-state index < -0.39 is 20.7 Å². The number of fused-ring (bicyclic) bond motifs is 1. The molecule has 2 fully saturated rings. The molecule has 2 aromatic carbocycles. The second-order valence-electron chi connectivity index (χ2n) is 7.59. The lowest BCUT2D eigenvalue weighted by molar-refractivity contribution is -0.116. The molecular weight excluding hydrogens is 392 g/mol. The van der Waals surface area contributed by atoms with E-state index in [4.69, 9.17) is 9.47 Å². The van der Waals surface area contributed by atoms with Crippen molar-refractivity contribution in [3.8, 4) is 11.5 Å². The largest absolute Gasteiger partial charge is 0.497 e. The Labute approximate surface area is 170 Å². The highest BCUT2D eigenvalue weighted by Crippen LogP contribution is 2.59. The maximum atomic E-state index is 13.5. The number of rotatable bonds is 5. The van der Waals surface area contributed by atoms with Gasteiger partial charge in [-0.1, -0.05) is 18.2 Å². The number of anilines is 2. The van der Waals surface area contributed by atoms with Gasteiger partial charge in [-0.05, 0) is 43.5 Å². The molecule has 0 spiro atoms. The molecule has 7 nitrogen and oxygen atoms in total. The van der Waals surface area contributed by atoms with Crippen LogP contribution in [0, 0.1) is 19.8 Å². The minimum Gasteiger partial charge on any atom is -0.497 e. The van der Waals surface area contributed by atoms with Crippen LogP contribution >= 0.6 is 0 Å². The molecule has 1 aliphatic carbocycles. The van der Waals surface area contributed by atoms with Crippen molar-refractivity contribution in [3.63, 3.8) is 0 Å². The molecule has 4 rings (SSSR count). The Bertz CT molecular complexity index is 1080. The quantitative estimate of drug-likeness (QED) is 0.810. The van der Waals surface area contributed by atoms with Crippen LogP contribution in [-0.2, 0) is 14.8 Å². The van der Waals surface area contributed by atoms with Gasteiger partial charge in [0.1, 0.15) is 11.5 Å². The van der Waals surface area contributed by atoms with Crippen molar-refractivity contribution >= 4 is 27.3 Å². The van der Waals surface area contributed by atoms with Gasteiger partial charge in [-0.3, -0.25) is 9.10 Å². The number of nitrogens with one attached hydrogen (secondary N) is 1. The predicted molar refractivity (Wildman–Crippen MR) is 111 cm³/mol. The second-order valence-corrected chi connectivity index (χ2v) is 9.71. The van der Waals surface area contributed by atoms with E-state index in [0.29, 0.717) is 35.8 Å². The lowest BCUT2D eigenvalue weighted by Gasteiger charge is -2.26. The van der Waals surface area contributed by atoms with Crippen molar-refractivity contribution in [2.75, 3.05) is 30.4 Å². The first-order valence-electron chi connectivity index (χ1n) is 9.38. The molecule has 1 heterocycles. The van der Waals surface area contributed by atoms with E-state index in [0.717, 1.165) is 11.1 Å². The number of sulfonamides is 1. The number of nitrogens with zero attached hydrogens (tertiary/aromatic N) is 1. The molecule has 1 N–H and O–H groups in total. The molecule has 29 heavy (non-hydrogen) atoms. The van der Waals surface area contributed by atoms with Crippen molar-refractivity contribution in [2.45, 2.75) is 25.0 Å². The SMILES string of the molecule is COc1ccc(NC(=O)[C@]23C[C@H]2CN(c2c(C)cccc2C)S3(=O)=O)c(OC)c1. The van der Waals surface area contributed by atoms with Gasteiger partial charge < -0.3 is 14.8 Å². The summed E-state index contributed by atoms with van der Waals surface area (Å²) in [6.07, 6.45) is 0.334. The highest BCUT2D eigenvalue weighted by atomic mass is 32.2. The number of carbonyl (C=O) groups excluding carboxylic acids is 1. The van der Waals surface area contributed by atoms with Crippen LogP contribution in [0.15, 0.2) is 36.4 Å². The molecule has 154 valence electrons. The van der Waals surface area contributed by atoms with Gasteiger partial charge in [-0.15, -0.1) is 0 Å². The first kappa shape index (κ1) is 19.6. The van der Waals surface area contributed by atoms with Gasteiger partial charge in [0, 0.05) is 18.5 Å².